The highest BCUT2D eigenvalue weighted by Gasteiger charge is 2.50. The molecule has 0 saturated carbocycles. The summed E-state index contributed by atoms with van der Waals surface area (Å²) in [7, 11) is 0. The molecule has 0 saturated heterocycles. The van der Waals surface area contributed by atoms with E-state index >= 15 is 0 Å². The van der Waals surface area contributed by atoms with Crippen LogP contribution in [0.5, 0.6) is 0 Å². The van der Waals surface area contributed by atoms with Crippen molar-refractivity contribution in [3.63, 3.8) is 0 Å². The van der Waals surface area contributed by atoms with E-state index < -0.39 is 65.7 Å². The number of carbonyl (C=O) groups is 5. The lowest BCUT2D eigenvalue weighted by Gasteiger charge is -2.31. The summed E-state index contributed by atoms with van der Waals surface area (Å²) in [6.07, 6.45) is -0.457. The van der Waals surface area contributed by atoms with Gasteiger partial charge in [0, 0.05) is 6.07 Å². The van der Waals surface area contributed by atoms with Crippen LogP contribution in [0.2, 0.25) is 0 Å². The van der Waals surface area contributed by atoms with E-state index in [4.69, 9.17) is 10.5 Å². The second-order valence-corrected chi connectivity index (χ2v) is 8.04. The Morgan fingerprint density at radius 1 is 1.06 bits per heavy atom. The molecule has 2 aromatic carbocycles. The predicted molar refractivity (Wildman–Crippen MR) is 118 cm³/mol. The van der Waals surface area contributed by atoms with Gasteiger partial charge in [0.1, 0.15) is 11.6 Å². The third kappa shape index (κ3) is 5.24. The van der Waals surface area contributed by atoms with Gasteiger partial charge in [-0.2, -0.15) is 0 Å². The molecule has 0 bridgehead atoms. The molecule has 1 aliphatic rings. The van der Waals surface area contributed by atoms with Crippen molar-refractivity contribution >= 4 is 29.5 Å². The Bertz CT molecular complexity index is 1160. The van der Waals surface area contributed by atoms with E-state index in [9.17, 15) is 32.8 Å². The number of halogens is 2. The van der Waals surface area contributed by atoms with Crippen molar-refractivity contribution in [3.8, 4) is 0 Å². The quantitative estimate of drug-likeness (QED) is 0.308. The Labute approximate surface area is 199 Å². The number of carbonyl (C=O) groups excluding carboxylic acids is 5. The molecule has 1 heterocycles. The number of amides is 3. The number of nitrogens with two attached hydrogens (primary N) is 1. The zero-order chi connectivity index (χ0) is 25.9. The lowest BCUT2D eigenvalue weighted by Crippen LogP contribution is -2.67. The van der Waals surface area contributed by atoms with Gasteiger partial charge in [-0.05, 0) is 43.7 Å². The molecular weight excluding hydrogens is 464 g/mol. The number of Topliss-reactive ketones (excluding diaryl/α,β-unsaturated/α-hetero) is 1. The predicted octanol–water partition coefficient (Wildman–Crippen LogP) is 1.14. The van der Waals surface area contributed by atoms with Crippen molar-refractivity contribution < 1.29 is 37.5 Å². The minimum absolute atomic E-state index is 0.0232. The van der Waals surface area contributed by atoms with Gasteiger partial charge in [0.15, 0.2) is 11.3 Å². The average Bonchev–Trinajstić information content (AvgIpc) is 3.02. The van der Waals surface area contributed by atoms with Crippen LogP contribution in [0, 0.1) is 11.6 Å². The fourth-order valence-corrected chi connectivity index (χ4v) is 3.78. The smallest absolute Gasteiger partial charge is 0.335 e. The zero-order valence-electron chi connectivity index (χ0n) is 19.0. The summed E-state index contributed by atoms with van der Waals surface area (Å²) in [6.45, 7) is 1.77. The van der Waals surface area contributed by atoms with Crippen molar-refractivity contribution in [2.75, 3.05) is 13.2 Å². The molecule has 3 N–H and O–H groups in total. The van der Waals surface area contributed by atoms with E-state index in [1.54, 1.807) is 12.1 Å². The number of rotatable bonds is 9. The summed E-state index contributed by atoms with van der Waals surface area (Å²) >= 11 is 0. The highest BCUT2D eigenvalue weighted by molar-refractivity contribution is 6.22. The molecule has 1 aliphatic heterocycles. The van der Waals surface area contributed by atoms with Gasteiger partial charge in [0.25, 0.3) is 11.8 Å². The molecule has 35 heavy (non-hydrogen) atoms. The van der Waals surface area contributed by atoms with Crippen LogP contribution < -0.4 is 11.1 Å². The summed E-state index contributed by atoms with van der Waals surface area (Å²) in [5, 5.41) is 2.32. The van der Waals surface area contributed by atoms with Crippen LogP contribution in [0.15, 0.2) is 42.5 Å². The fourth-order valence-electron chi connectivity index (χ4n) is 3.78. The lowest BCUT2D eigenvalue weighted by molar-refractivity contribution is -0.154. The summed E-state index contributed by atoms with van der Waals surface area (Å²) < 4.78 is 31.7. The standard InChI is InChI=1S/C24H23F2N3O6/c1-3-35-23(34)24(27,12-29-21(32)17-6-4-5-7-18(17)22(29)33)20(31)13(2)28-19(30)10-14-8-15(25)11-16(26)9-14/h4-9,11,13H,3,10,12,27H2,1-2H3,(H,28,30)/t13-,24?/m0/s1. The molecule has 0 aromatic heterocycles. The van der Waals surface area contributed by atoms with Gasteiger partial charge >= 0.3 is 5.97 Å². The van der Waals surface area contributed by atoms with Gasteiger partial charge in [-0.3, -0.25) is 24.1 Å². The molecule has 3 rings (SSSR count). The molecule has 1 unspecified atom stereocenters. The maximum absolute atomic E-state index is 13.4. The third-order valence-electron chi connectivity index (χ3n) is 5.42. The maximum Gasteiger partial charge on any atom is 0.335 e. The van der Waals surface area contributed by atoms with E-state index in [-0.39, 0.29) is 23.3 Å². The Morgan fingerprint density at radius 2 is 1.60 bits per heavy atom. The number of ether oxygens (including phenoxy) is 1. The molecule has 0 fully saturated rings. The van der Waals surface area contributed by atoms with Crippen LogP contribution in [0.1, 0.15) is 40.1 Å². The lowest BCUT2D eigenvalue weighted by atomic mass is 9.89. The molecule has 9 nitrogen and oxygen atoms in total. The van der Waals surface area contributed by atoms with Crippen LogP contribution in [-0.4, -0.2) is 59.1 Å². The molecule has 3 amide bonds. The topological polar surface area (TPSA) is 136 Å². The summed E-state index contributed by atoms with van der Waals surface area (Å²) in [4.78, 5) is 64.5. The highest BCUT2D eigenvalue weighted by Crippen LogP contribution is 2.25. The van der Waals surface area contributed by atoms with E-state index in [1.165, 1.54) is 26.0 Å². The Balaban J connectivity index is 1.80. The van der Waals surface area contributed by atoms with Crippen molar-refractivity contribution in [1.29, 1.82) is 0 Å². The number of hydrogen-bond donors (Lipinski definition) is 2. The van der Waals surface area contributed by atoms with Crippen LogP contribution in [0.3, 0.4) is 0 Å². The summed E-state index contributed by atoms with van der Waals surface area (Å²) in [5.74, 6) is -6.20. The number of nitrogens with zero attached hydrogens (tertiary/aromatic N) is 1. The van der Waals surface area contributed by atoms with E-state index in [0.717, 1.165) is 12.1 Å². The average molecular weight is 487 g/mol. The number of imide groups is 1. The van der Waals surface area contributed by atoms with Gasteiger partial charge < -0.3 is 15.8 Å². The van der Waals surface area contributed by atoms with Gasteiger partial charge in [-0.15, -0.1) is 0 Å². The first-order valence-corrected chi connectivity index (χ1v) is 10.7. The van der Waals surface area contributed by atoms with Gasteiger partial charge in [0.2, 0.25) is 5.91 Å². The van der Waals surface area contributed by atoms with Crippen molar-refractivity contribution in [1.82, 2.24) is 10.2 Å². The monoisotopic (exact) mass is 487 g/mol. The number of esters is 1. The minimum atomic E-state index is -2.49. The third-order valence-corrected chi connectivity index (χ3v) is 5.42. The number of benzene rings is 2. The van der Waals surface area contributed by atoms with E-state index in [2.05, 4.69) is 5.32 Å². The summed E-state index contributed by atoms with van der Waals surface area (Å²) in [6, 6.07) is 7.17. The second-order valence-electron chi connectivity index (χ2n) is 8.04. The van der Waals surface area contributed by atoms with Gasteiger partial charge in [-0.25, -0.2) is 13.6 Å². The molecule has 0 radical (unpaired) electrons. The SMILES string of the molecule is CCOC(=O)C(N)(CN1C(=O)c2ccccc2C1=O)C(=O)[C@H](C)NC(=O)Cc1cc(F)cc(F)c1. The Kier molecular flexibility index (Phi) is 7.39. The highest BCUT2D eigenvalue weighted by atomic mass is 19.1. The van der Waals surface area contributed by atoms with Crippen molar-refractivity contribution in [2.45, 2.75) is 31.8 Å². The normalized spacial score (nSPS) is 15.3. The second kappa shape index (κ2) is 10.1. The van der Waals surface area contributed by atoms with Gasteiger partial charge in [-0.1, -0.05) is 12.1 Å². The molecular formula is C24H23F2N3O6. The van der Waals surface area contributed by atoms with E-state index in [1.807, 2.05) is 0 Å². The van der Waals surface area contributed by atoms with Crippen LogP contribution >= 0.6 is 0 Å². The zero-order valence-corrected chi connectivity index (χ0v) is 19.0. The minimum Gasteiger partial charge on any atom is -0.464 e. The Hall–Kier alpha value is -3.99. The maximum atomic E-state index is 13.4. The van der Waals surface area contributed by atoms with Crippen molar-refractivity contribution in [2.24, 2.45) is 5.73 Å². The van der Waals surface area contributed by atoms with Crippen molar-refractivity contribution in [3.05, 3.63) is 70.8 Å². The van der Waals surface area contributed by atoms with E-state index in [0.29, 0.717) is 11.0 Å². The number of ketones is 1. The molecule has 2 atom stereocenters. The first-order chi connectivity index (χ1) is 16.5. The number of nitrogens with one attached hydrogen (secondary N) is 1. The van der Waals surface area contributed by atoms with Crippen LogP contribution in [-0.2, 0) is 25.5 Å². The number of fused-ring (bicyclic) bond motifs is 1. The van der Waals surface area contributed by atoms with Crippen LogP contribution in [0.25, 0.3) is 0 Å². The first kappa shape index (κ1) is 25.6. The summed E-state index contributed by atoms with van der Waals surface area (Å²) in [5.41, 5.74) is 3.89. The molecule has 184 valence electrons. The molecule has 2 aromatic rings. The largest absolute Gasteiger partial charge is 0.464 e. The van der Waals surface area contributed by atoms with Crippen LogP contribution in [0.4, 0.5) is 8.78 Å². The fraction of sp³-hybridized carbons (Fsp3) is 0.292. The molecule has 11 heteroatoms. The molecule has 0 aliphatic carbocycles. The van der Waals surface area contributed by atoms with Gasteiger partial charge in [0.05, 0.1) is 36.7 Å². The Morgan fingerprint density at radius 3 is 2.11 bits per heavy atom. The number of hydrogen-bond acceptors (Lipinski definition) is 7. The molecule has 0 spiro atoms. The first-order valence-electron chi connectivity index (χ1n) is 10.7.